The molecule has 6 nitrogen and oxygen atoms in total. The number of hydrogen-bond donors (Lipinski definition) is 2. The molecule has 3 aromatic rings. The quantitative estimate of drug-likeness (QED) is 0.373. The van der Waals surface area contributed by atoms with Crippen LogP contribution in [-0.2, 0) is 20.8 Å². The van der Waals surface area contributed by atoms with E-state index in [2.05, 4.69) is 10.6 Å². The molecule has 168 valence electrons. The molecule has 0 saturated carbocycles. The number of likely N-dealkylation sites (N-methyl/N-ethyl adjacent to an activating group) is 1. The second-order valence-corrected chi connectivity index (χ2v) is 7.82. The van der Waals surface area contributed by atoms with Crippen LogP contribution in [0.1, 0.15) is 12.5 Å². The summed E-state index contributed by atoms with van der Waals surface area (Å²) in [7, 11) is 1.52. The lowest BCUT2D eigenvalue weighted by molar-refractivity contribution is -0.117. The van der Waals surface area contributed by atoms with Crippen molar-refractivity contribution in [2.45, 2.75) is 13.3 Å². The minimum Gasteiger partial charge on any atom is -0.355 e. The normalized spacial score (nSPS) is 10.9. The number of rotatable bonds is 8. The first-order valence-electron chi connectivity index (χ1n) is 10.3. The predicted octanol–water partition coefficient (Wildman–Crippen LogP) is 4.80. The van der Waals surface area contributed by atoms with E-state index in [1.165, 1.54) is 18.1 Å². The molecule has 0 aromatic heterocycles. The van der Waals surface area contributed by atoms with Gasteiger partial charge >= 0.3 is 0 Å². The lowest BCUT2D eigenvalue weighted by Gasteiger charge is -2.14. The highest BCUT2D eigenvalue weighted by atomic mass is 35.5. The summed E-state index contributed by atoms with van der Waals surface area (Å²) >= 11 is 6.09. The van der Waals surface area contributed by atoms with Crippen molar-refractivity contribution in [3.05, 3.63) is 95.2 Å². The molecule has 0 bridgehead atoms. The molecule has 3 rings (SSSR count). The Kier molecular flexibility index (Phi) is 8.00. The van der Waals surface area contributed by atoms with E-state index in [-0.39, 0.29) is 18.2 Å². The molecule has 0 radical (unpaired) electrons. The van der Waals surface area contributed by atoms with Gasteiger partial charge in [-0.2, -0.15) is 0 Å². The SMILES string of the molecule is CNC(=O)/C(C)=C\N(C=O)c1ccc(NC(=O)Cc2cccc(-c3cccc(Cl)c3)c2)cc1. The molecular formula is C26H24ClN3O3. The molecule has 0 heterocycles. The highest BCUT2D eigenvalue weighted by molar-refractivity contribution is 6.30. The summed E-state index contributed by atoms with van der Waals surface area (Å²) in [5.74, 6) is -0.432. The summed E-state index contributed by atoms with van der Waals surface area (Å²) < 4.78 is 0. The Bertz CT molecular complexity index is 1190. The van der Waals surface area contributed by atoms with Gasteiger partial charge in [-0.05, 0) is 60.0 Å². The Morgan fingerprint density at radius 1 is 0.970 bits per heavy atom. The van der Waals surface area contributed by atoms with Gasteiger partial charge in [-0.1, -0.05) is 48.0 Å². The Morgan fingerprint density at radius 2 is 1.64 bits per heavy atom. The summed E-state index contributed by atoms with van der Waals surface area (Å²) in [5.41, 5.74) is 4.42. The molecule has 0 aliphatic heterocycles. The maximum absolute atomic E-state index is 12.6. The smallest absolute Gasteiger partial charge is 0.248 e. The van der Waals surface area contributed by atoms with Crippen molar-refractivity contribution in [3.63, 3.8) is 0 Å². The van der Waals surface area contributed by atoms with E-state index >= 15 is 0 Å². The van der Waals surface area contributed by atoms with Crippen LogP contribution in [0.5, 0.6) is 0 Å². The molecule has 0 spiro atoms. The largest absolute Gasteiger partial charge is 0.355 e. The topological polar surface area (TPSA) is 78.5 Å². The van der Waals surface area contributed by atoms with Crippen LogP contribution in [0.4, 0.5) is 11.4 Å². The fourth-order valence-corrected chi connectivity index (χ4v) is 3.46. The van der Waals surface area contributed by atoms with E-state index in [9.17, 15) is 14.4 Å². The first-order valence-corrected chi connectivity index (χ1v) is 10.7. The second-order valence-electron chi connectivity index (χ2n) is 7.39. The molecule has 0 fully saturated rings. The fraction of sp³-hybridized carbons (Fsp3) is 0.115. The van der Waals surface area contributed by atoms with Gasteiger partial charge in [0.25, 0.3) is 0 Å². The standard InChI is InChI=1S/C26H24ClN3O3/c1-18(26(33)28-2)16-30(17-31)24-11-9-23(10-12-24)29-25(32)14-19-5-3-6-20(13-19)21-7-4-8-22(27)15-21/h3-13,15-17H,14H2,1-2H3,(H,28,33)(H,29,32)/b18-16-. The molecule has 33 heavy (non-hydrogen) atoms. The van der Waals surface area contributed by atoms with Crippen LogP contribution in [0, 0.1) is 0 Å². The average molecular weight is 462 g/mol. The molecule has 0 aliphatic carbocycles. The van der Waals surface area contributed by atoms with Crippen molar-refractivity contribution in [1.82, 2.24) is 5.32 Å². The van der Waals surface area contributed by atoms with Crippen molar-refractivity contribution in [2.75, 3.05) is 17.3 Å². The first-order chi connectivity index (χ1) is 15.9. The van der Waals surface area contributed by atoms with Crippen molar-refractivity contribution in [2.24, 2.45) is 0 Å². The third-order valence-electron chi connectivity index (χ3n) is 4.93. The fourth-order valence-electron chi connectivity index (χ4n) is 3.27. The minimum absolute atomic E-state index is 0.159. The van der Waals surface area contributed by atoms with Gasteiger partial charge in [-0.3, -0.25) is 19.3 Å². The van der Waals surface area contributed by atoms with Crippen molar-refractivity contribution < 1.29 is 14.4 Å². The molecular weight excluding hydrogens is 438 g/mol. The van der Waals surface area contributed by atoms with Gasteiger partial charge in [0.05, 0.1) is 6.42 Å². The van der Waals surface area contributed by atoms with E-state index in [1.807, 2.05) is 48.5 Å². The van der Waals surface area contributed by atoms with E-state index in [0.717, 1.165) is 16.7 Å². The third-order valence-corrected chi connectivity index (χ3v) is 5.17. The highest BCUT2D eigenvalue weighted by Crippen LogP contribution is 2.24. The summed E-state index contributed by atoms with van der Waals surface area (Å²) in [6, 6.07) is 22.1. The van der Waals surface area contributed by atoms with Crippen LogP contribution in [0.15, 0.2) is 84.6 Å². The highest BCUT2D eigenvalue weighted by Gasteiger charge is 2.09. The Balaban J connectivity index is 1.66. The maximum atomic E-state index is 12.6. The van der Waals surface area contributed by atoms with E-state index < -0.39 is 0 Å². The number of halogens is 1. The number of anilines is 2. The Hall–Kier alpha value is -3.90. The number of carbonyl (C=O) groups excluding carboxylic acids is 3. The van der Waals surface area contributed by atoms with E-state index in [1.54, 1.807) is 31.2 Å². The number of carbonyl (C=O) groups is 3. The van der Waals surface area contributed by atoms with Gasteiger partial charge in [-0.25, -0.2) is 0 Å². The molecule has 7 heteroatoms. The van der Waals surface area contributed by atoms with E-state index in [4.69, 9.17) is 11.6 Å². The van der Waals surface area contributed by atoms with Crippen LogP contribution in [0.25, 0.3) is 11.1 Å². The zero-order valence-corrected chi connectivity index (χ0v) is 19.1. The number of nitrogens with one attached hydrogen (secondary N) is 2. The van der Waals surface area contributed by atoms with Crippen LogP contribution >= 0.6 is 11.6 Å². The second kappa shape index (κ2) is 11.1. The van der Waals surface area contributed by atoms with Crippen LogP contribution in [-0.4, -0.2) is 25.3 Å². The molecule has 3 amide bonds. The number of nitrogens with zero attached hydrogens (tertiary/aromatic N) is 1. The summed E-state index contributed by atoms with van der Waals surface area (Å²) in [6.45, 7) is 1.62. The summed E-state index contributed by atoms with van der Waals surface area (Å²) in [6.07, 6.45) is 2.28. The zero-order chi connectivity index (χ0) is 23.8. The van der Waals surface area contributed by atoms with Crippen LogP contribution in [0.2, 0.25) is 5.02 Å². The van der Waals surface area contributed by atoms with Crippen molar-refractivity contribution >= 4 is 41.2 Å². The lowest BCUT2D eigenvalue weighted by Crippen LogP contribution is -2.22. The predicted molar refractivity (Wildman–Crippen MR) is 132 cm³/mol. The van der Waals surface area contributed by atoms with Gasteiger partial charge in [0, 0.05) is 35.2 Å². The summed E-state index contributed by atoms with van der Waals surface area (Å²) in [5, 5.41) is 6.03. The number of amides is 3. The van der Waals surface area contributed by atoms with Crippen molar-refractivity contribution in [1.29, 1.82) is 0 Å². The first kappa shape index (κ1) is 23.8. The van der Waals surface area contributed by atoms with Gasteiger partial charge in [0.15, 0.2) is 0 Å². The van der Waals surface area contributed by atoms with Gasteiger partial charge in [0.2, 0.25) is 18.2 Å². The van der Waals surface area contributed by atoms with Crippen LogP contribution < -0.4 is 15.5 Å². The van der Waals surface area contributed by atoms with Crippen molar-refractivity contribution in [3.8, 4) is 11.1 Å². The molecule has 0 saturated heterocycles. The van der Waals surface area contributed by atoms with Gasteiger partial charge in [-0.15, -0.1) is 0 Å². The zero-order valence-electron chi connectivity index (χ0n) is 18.3. The third kappa shape index (κ3) is 6.54. The van der Waals surface area contributed by atoms with Crippen LogP contribution in [0.3, 0.4) is 0 Å². The minimum atomic E-state index is -0.273. The monoisotopic (exact) mass is 461 g/mol. The Morgan fingerprint density at radius 3 is 2.27 bits per heavy atom. The molecule has 0 atom stereocenters. The molecule has 2 N–H and O–H groups in total. The number of hydrogen-bond acceptors (Lipinski definition) is 3. The molecule has 0 aliphatic rings. The Labute approximate surface area is 197 Å². The lowest BCUT2D eigenvalue weighted by atomic mass is 10.0. The maximum Gasteiger partial charge on any atom is 0.248 e. The number of benzene rings is 3. The van der Waals surface area contributed by atoms with E-state index in [0.29, 0.717) is 28.4 Å². The summed E-state index contributed by atoms with van der Waals surface area (Å²) in [4.78, 5) is 37.0. The average Bonchev–Trinajstić information content (AvgIpc) is 2.82. The van der Waals surface area contributed by atoms with Gasteiger partial charge in [0.1, 0.15) is 0 Å². The molecule has 3 aromatic carbocycles. The molecule has 0 unspecified atom stereocenters. The van der Waals surface area contributed by atoms with Gasteiger partial charge < -0.3 is 10.6 Å².